The van der Waals surface area contributed by atoms with Crippen LogP contribution in [0.25, 0.3) is 0 Å². The lowest BCUT2D eigenvalue weighted by Gasteiger charge is -2.26. The van der Waals surface area contributed by atoms with Crippen LogP contribution in [0.3, 0.4) is 0 Å². The summed E-state index contributed by atoms with van der Waals surface area (Å²) in [5.41, 5.74) is 4.99. The van der Waals surface area contributed by atoms with Gasteiger partial charge in [-0.25, -0.2) is 0 Å². The van der Waals surface area contributed by atoms with Gasteiger partial charge in [0.05, 0.1) is 58.9 Å². The molecule has 0 saturated heterocycles. The van der Waals surface area contributed by atoms with E-state index in [0.29, 0.717) is 6.54 Å². The van der Waals surface area contributed by atoms with Crippen molar-refractivity contribution in [2.24, 2.45) is 5.73 Å². The van der Waals surface area contributed by atoms with Gasteiger partial charge in [0.1, 0.15) is 6.23 Å². The number of carbonyl (C=O) groups is 8. The van der Waals surface area contributed by atoms with Gasteiger partial charge in [0.15, 0.2) is 0 Å². The minimum absolute atomic E-state index is 0.0932. The SMILES string of the molecule is CCCNCC(=O)N(C)CC(=O)N(C)CC(=O)N(C)CC(=O)NCC(=O)N(C)CC(=O)N(C)CC(=O)N(C)CC(O)NCC(N)=O. The highest BCUT2D eigenvalue weighted by Crippen LogP contribution is 1.97. The summed E-state index contributed by atoms with van der Waals surface area (Å²) in [4.78, 5) is 104. The van der Waals surface area contributed by atoms with E-state index < -0.39 is 60.7 Å². The Kier molecular flexibility index (Phi) is 19.4. The second kappa shape index (κ2) is 21.4. The Morgan fingerprint density at radius 1 is 0.587 bits per heavy atom. The average Bonchev–Trinajstić information content (AvgIpc) is 2.98. The molecular weight excluding hydrogens is 608 g/mol. The highest BCUT2D eigenvalue weighted by Gasteiger charge is 2.23. The highest BCUT2D eigenvalue weighted by atomic mass is 16.3. The molecule has 0 aliphatic carbocycles. The van der Waals surface area contributed by atoms with E-state index in [0.717, 1.165) is 30.9 Å². The van der Waals surface area contributed by atoms with E-state index in [4.69, 9.17) is 5.73 Å². The number of hydrogen-bond donors (Lipinski definition) is 5. The quantitative estimate of drug-likeness (QED) is 0.0575. The number of aliphatic hydroxyl groups excluding tert-OH is 1. The molecule has 0 bridgehead atoms. The molecule has 0 rings (SSSR count). The van der Waals surface area contributed by atoms with Gasteiger partial charge in [0, 0.05) is 42.3 Å². The molecule has 0 aromatic heterocycles. The molecule has 46 heavy (non-hydrogen) atoms. The van der Waals surface area contributed by atoms with Gasteiger partial charge in [-0.1, -0.05) is 6.92 Å². The van der Waals surface area contributed by atoms with Gasteiger partial charge in [0.2, 0.25) is 47.3 Å². The summed E-state index contributed by atoms with van der Waals surface area (Å²) in [5, 5.41) is 17.6. The smallest absolute Gasteiger partial charge is 0.242 e. The molecule has 0 aromatic rings. The van der Waals surface area contributed by atoms with Crippen LogP contribution in [0, 0.1) is 0 Å². The summed E-state index contributed by atoms with van der Waals surface area (Å²) in [6, 6.07) is 0. The van der Waals surface area contributed by atoms with Crippen molar-refractivity contribution in [3.63, 3.8) is 0 Å². The zero-order chi connectivity index (χ0) is 35.6. The Hall–Kier alpha value is -4.36. The van der Waals surface area contributed by atoms with Crippen LogP contribution in [0.5, 0.6) is 0 Å². The van der Waals surface area contributed by atoms with Gasteiger partial charge in [-0.15, -0.1) is 0 Å². The van der Waals surface area contributed by atoms with Crippen molar-refractivity contribution in [3.8, 4) is 0 Å². The number of primary amides is 1. The molecule has 19 heteroatoms. The van der Waals surface area contributed by atoms with E-state index in [1.165, 1.54) is 47.2 Å². The van der Waals surface area contributed by atoms with E-state index in [9.17, 15) is 43.5 Å². The van der Waals surface area contributed by atoms with Crippen LogP contribution in [0.15, 0.2) is 0 Å². The fourth-order valence-electron chi connectivity index (χ4n) is 3.47. The lowest BCUT2D eigenvalue weighted by molar-refractivity contribution is -0.143. The van der Waals surface area contributed by atoms with Crippen LogP contribution >= 0.6 is 0 Å². The van der Waals surface area contributed by atoms with Crippen molar-refractivity contribution < 1.29 is 43.5 Å². The Morgan fingerprint density at radius 2 is 0.978 bits per heavy atom. The summed E-state index contributed by atoms with van der Waals surface area (Å²) in [6.07, 6.45) is -0.351. The van der Waals surface area contributed by atoms with Crippen molar-refractivity contribution in [1.29, 1.82) is 0 Å². The fraction of sp³-hybridized carbons (Fsp3) is 0.704. The molecule has 0 spiro atoms. The summed E-state index contributed by atoms with van der Waals surface area (Å²) in [5.74, 6) is -4.29. The van der Waals surface area contributed by atoms with Crippen LogP contribution in [0.2, 0.25) is 0 Å². The standard InChI is InChI=1S/C27H50N10O9/c1-8-9-29-11-22(41)34(4)15-26(45)36(6)18-25(44)33(3)14-21(40)31-12-23(42)35(5)16-27(46)37(7)17-24(43)32(2)13-20(39)30-10-19(28)38/h20,29-30,39H,8-18H2,1-7H3,(H2,28,38)(H,31,40). The maximum Gasteiger partial charge on any atom is 0.242 e. The van der Waals surface area contributed by atoms with Gasteiger partial charge in [0.25, 0.3) is 0 Å². The largest absolute Gasteiger partial charge is 0.377 e. The monoisotopic (exact) mass is 658 g/mol. The molecule has 0 saturated carbocycles. The first-order valence-electron chi connectivity index (χ1n) is 14.5. The minimum atomic E-state index is -1.21. The lowest BCUT2D eigenvalue weighted by atomic mass is 10.3. The molecule has 262 valence electrons. The molecule has 0 aliphatic heterocycles. The Labute approximate surface area is 269 Å². The van der Waals surface area contributed by atoms with E-state index in [2.05, 4.69) is 16.0 Å². The third kappa shape index (κ3) is 17.2. The van der Waals surface area contributed by atoms with Crippen LogP contribution in [-0.2, 0) is 38.4 Å². The molecule has 0 heterocycles. The first kappa shape index (κ1) is 41.6. The highest BCUT2D eigenvalue weighted by molar-refractivity contribution is 5.92. The van der Waals surface area contributed by atoms with Gasteiger partial charge in [-0.3, -0.25) is 43.7 Å². The van der Waals surface area contributed by atoms with Crippen LogP contribution < -0.4 is 21.7 Å². The first-order valence-corrected chi connectivity index (χ1v) is 14.5. The molecule has 0 aromatic carbocycles. The van der Waals surface area contributed by atoms with Crippen LogP contribution in [-0.4, -0.2) is 196 Å². The van der Waals surface area contributed by atoms with E-state index >= 15 is 0 Å². The number of carbonyl (C=O) groups excluding carboxylic acids is 8. The summed E-state index contributed by atoms with van der Waals surface area (Å²) in [6.45, 7) is 0.132. The zero-order valence-corrected chi connectivity index (χ0v) is 27.8. The topological polar surface area (TPSA) is 238 Å². The number of nitrogens with one attached hydrogen (secondary N) is 3. The summed E-state index contributed by atoms with van der Waals surface area (Å²) >= 11 is 0. The maximum atomic E-state index is 12.5. The van der Waals surface area contributed by atoms with E-state index in [1.54, 1.807) is 0 Å². The molecule has 8 amide bonds. The van der Waals surface area contributed by atoms with Gasteiger partial charge in [-0.05, 0) is 13.0 Å². The lowest BCUT2D eigenvalue weighted by Crippen LogP contribution is -2.49. The summed E-state index contributed by atoms with van der Waals surface area (Å²) in [7, 11) is 8.34. The molecule has 0 aliphatic rings. The number of aliphatic hydroxyl groups is 1. The van der Waals surface area contributed by atoms with Crippen molar-refractivity contribution in [2.45, 2.75) is 19.6 Å². The minimum Gasteiger partial charge on any atom is -0.377 e. The van der Waals surface area contributed by atoms with Crippen molar-refractivity contribution in [3.05, 3.63) is 0 Å². The number of amides is 8. The van der Waals surface area contributed by atoms with Gasteiger partial charge < -0.3 is 50.9 Å². The number of nitrogens with zero attached hydrogens (tertiary/aromatic N) is 6. The molecular formula is C27H50N10O9. The predicted octanol–water partition coefficient (Wildman–Crippen LogP) is -5.75. The van der Waals surface area contributed by atoms with Gasteiger partial charge >= 0.3 is 0 Å². The second-order valence-electron chi connectivity index (χ2n) is 10.8. The van der Waals surface area contributed by atoms with Crippen molar-refractivity contribution in [2.75, 3.05) is 108 Å². The number of hydrogen-bond acceptors (Lipinski definition) is 11. The molecule has 1 unspecified atom stereocenters. The third-order valence-corrected chi connectivity index (χ3v) is 6.52. The Balaban J connectivity index is 4.59. The molecule has 19 nitrogen and oxygen atoms in total. The maximum absolute atomic E-state index is 12.5. The molecule has 6 N–H and O–H groups in total. The molecule has 1 atom stereocenters. The summed E-state index contributed by atoms with van der Waals surface area (Å²) < 4.78 is 0. The van der Waals surface area contributed by atoms with E-state index in [-0.39, 0.29) is 51.7 Å². The average molecular weight is 659 g/mol. The normalized spacial score (nSPS) is 11.1. The fourth-order valence-corrected chi connectivity index (χ4v) is 3.47. The third-order valence-electron chi connectivity index (χ3n) is 6.52. The first-order chi connectivity index (χ1) is 21.4. The predicted molar refractivity (Wildman–Crippen MR) is 165 cm³/mol. The zero-order valence-electron chi connectivity index (χ0n) is 27.8. The number of nitrogens with two attached hydrogens (primary N) is 1. The van der Waals surface area contributed by atoms with Crippen LogP contribution in [0.1, 0.15) is 13.3 Å². The molecule has 0 radical (unpaired) electrons. The van der Waals surface area contributed by atoms with Crippen molar-refractivity contribution >= 4 is 47.3 Å². The number of rotatable bonds is 21. The Morgan fingerprint density at radius 3 is 1.41 bits per heavy atom. The van der Waals surface area contributed by atoms with Crippen molar-refractivity contribution in [1.82, 2.24) is 45.3 Å². The Bertz CT molecular complexity index is 1090. The molecule has 0 fully saturated rings. The van der Waals surface area contributed by atoms with Gasteiger partial charge in [-0.2, -0.15) is 0 Å². The number of likely N-dealkylation sites (N-methyl/N-ethyl adjacent to an activating group) is 6. The second-order valence-corrected chi connectivity index (χ2v) is 10.8. The van der Waals surface area contributed by atoms with E-state index in [1.807, 2.05) is 6.92 Å². The van der Waals surface area contributed by atoms with Crippen LogP contribution in [0.4, 0.5) is 0 Å².